The van der Waals surface area contributed by atoms with Crippen molar-refractivity contribution in [2.45, 2.75) is 26.2 Å². The minimum Gasteiger partial charge on any atom is -0.466 e. The number of esters is 1. The Balaban J connectivity index is 2.22. The highest BCUT2D eigenvalue weighted by Gasteiger charge is 2.13. The van der Waals surface area contributed by atoms with Crippen molar-refractivity contribution in [1.29, 1.82) is 0 Å². The fourth-order valence-electron chi connectivity index (χ4n) is 2.13. The fraction of sp³-hybridized carbons (Fsp3) is 0.538. The lowest BCUT2D eigenvalue weighted by molar-refractivity contribution is -0.143. The Morgan fingerprint density at radius 1 is 1.29 bits per heavy atom. The van der Waals surface area contributed by atoms with E-state index in [9.17, 15) is 14.4 Å². The quantitative estimate of drug-likeness (QED) is 0.773. The minimum atomic E-state index is -0.419. The number of aryl methyl sites for hydroxylation is 2. The van der Waals surface area contributed by atoms with Crippen LogP contribution in [0.2, 0.25) is 0 Å². The molecule has 2 rings (SSSR count). The molecule has 0 aliphatic rings. The number of rotatable bonds is 5. The molecular formula is C13H18N4O4. The average Bonchev–Trinajstić information content (AvgIpc) is 2.87. The van der Waals surface area contributed by atoms with Gasteiger partial charge in [-0.3, -0.25) is 18.7 Å². The van der Waals surface area contributed by atoms with Crippen LogP contribution in [0.1, 0.15) is 25.6 Å². The average molecular weight is 294 g/mol. The number of H-pyrrole nitrogens is 1. The molecule has 0 aliphatic carbocycles. The van der Waals surface area contributed by atoms with Crippen LogP contribution in [0.3, 0.4) is 0 Å². The standard InChI is InChI=1S/C13H18N4O4/c1-4-21-9(18)7-5-6-8-14-10-11(15-8)16(2)13(20)17(3)12(10)19/h4-7H2,1-3H3,(H,14,15). The molecule has 8 nitrogen and oxygen atoms in total. The lowest BCUT2D eigenvalue weighted by Gasteiger charge is -2.00. The first-order valence-corrected chi connectivity index (χ1v) is 6.76. The third-order valence-corrected chi connectivity index (χ3v) is 3.24. The van der Waals surface area contributed by atoms with Gasteiger partial charge in [0.15, 0.2) is 5.65 Å². The van der Waals surface area contributed by atoms with E-state index in [0.29, 0.717) is 42.9 Å². The highest BCUT2D eigenvalue weighted by atomic mass is 16.5. The SMILES string of the molecule is CCOC(=O)CCCc1nc2c([nH]1)c(=O)n(C)c(=O)n2C. The van der Waals surface area contributed by atoms with Gasteiger partial charge in [0.25, 0.3) is 5.56 Å². The molecule has 0 aliphatic heterocycles. The maximum absolute atomic E-state index is 12.0. The summed E-state index contributed by atoms with van der Waals surface area (Å²) >= 11 is 0. The van der Waals surface area contributed by atoms with Gasteiger partial charge in [0.1, 0.15) is 11.3 Å². The Kier molecular flexibility index (Phi) is 4.25. The first-order valence-electron chi connectivity index (χ1n) is 6.76. The molecule has 0 fully saturated rings. The molecule has 0 bridgehead atoms. The second-order valence-corrected chi connectivity index (χ2v) is 4.75. The van der Waals surface area contributed by atoms with E-state index in [4.69, 9.17) is 4.74 Å². The molecule has 1 N–H and O–H groups in total. The van der Waals surface area contributed by atoms with E-state index in [-0.39, 0.29) is 5.97 Å². The summed E-state index contributed by atoms with van der Waals surface area (Å²) in [6.45, 7) is 2.12. The Bertz CT molecular complexity index is 784. The van der Waals surface area contributed by atoms with Crippen molar-refractivity contribution < 1.29 is 9.53 Å². The van der Waals surface area contributed by atoms with E-state index in [1.54, 1.807) is 14.0 Å². The van der Waals surface area contributed by atoms with E-state index in [0.717, 1.165) is 4.57 Å². The lowest BCUT2D eigenvalue weighted by Crippen LogP contribution is -2.36. The monoisotopic (exact) mass is 294 g/mol. The minimum absolute atomic E-state index is 0.253. The van der Waals surface area contributed by atoms with Gasteiger partial charge in [0.05, 0.1) is 6.61 Å². The summed E-state index contributed by atoms with van der Waals surface area (Å²) in [5.41, 5.74) is -0.200. The van der Waals surface area contributed by atoms with Crippen LogP contribution < -0.4 is 11.2 Å². The molecule has 0 unspecified atom stereocenters. The predicted molar refractivity (Wildman–Crippen MR) is 76.1 cm³/mol. The van der Waals surface area contributed by atoms with Crippen molar-refractivity contribution in [3.8, 4) is 0 Å². The maximum Gasteiger partial charge on any atom is 0.332 e. The topological polar surface area (TPSA) is 99.0 Å². The number of carbonyl (C=O) groups excluding carboxylic acids is 1. The van der Waals surface area contributed by atoms with E-state index in [1.807, 2.05) is 0 Å². The molecule has 0 atom stereocenters. The van der Waals surface area contributed by atoms with Gasteiger partial charge in [-0.25, -0.2) is 9.78 Å². The summed E-state index contributed by atoms with van der Waals surface area (Å²) in [5.74, 6) is 0.324. The number of hydrogen-bond acceptors (Lipinski definition) is 5. The van der Waals surface area contributed by atoms with Crippen molar-refractivity contribution in [3.63, 3.8) is 0 Å². The van der Waals surface area contributed by atoms with Crippen molar-refractivity contribution >= 4 is 17.1 Å². The number of carbonyl (C=O) groups is 1. The highest BCUT2D eigenvalue weighted by molar-refractivity contribution is 5.70. The number of hydrogen-bond donors (Lipinski definition) is 1. The zero-order valence-corrected chi connectivity index (χ0v) is 12.3. The fourth-order valence-corrected chi connectivity index (χ4v) is 2.13. The molecule has 2 aromatic rings. The molecule has 0 saturated carbocycles. The molecule has 2 aromatic heterocycles. The van der Waals surface area contributed by atoms with Gasteiger partial charge in [0.2, 0.25) is 0 Å². The van der Waals surface area contributed by atoms with Crippen molar-refractivity contribution in [2.24, 2.45) is 14.1 Å². The Labute approximate surface area is 120 Å². The molecule has 21 heavy (non-hydrogen) atoms. The van der Waals surface area contributed by atoms with Crippen LogP contribution >= 0.6 is 0 Å². The third kappa shape index (κ3) is 2.88. The van der Waals surface area contributed by atoms with E-state index < -0.39 is 11.2 Å². The van der Waals surface area contributed by atoms with Crippen LogP contribution in [0.4, 0.5) is 0 Å². The molecule has 0 radical (unpaired) electrons. The Hall–Kier alpha value is -2.38. The van der Waals surface area contributed by atoms with Crippen LogP contribution in [0, 0.1) is 0 Å². The second-order valence-electron chi connectivity index (χ2n) is 4.75. The van der Waals surface area contributed by atoms with Crippen LogP contribution in [0.25, 0.3) is 11.2 Å². The van der Waals surface area contributed by atoms with Gasteiger partial charge >= 0.3 is 11.7 Å². The number of aromatic amines is 1. The molecule has 0 saturated heterocycles. The van der Waals surface area contributed by atoms with Crippen LogP contribution in [-0.2, 0) is 30.0 Å². The Morgan fingerprint density at radius 2 is 2.00 bits per heavy atom. The predicted octanol–water partition coefficient (Wildman–Crippen LogP) is -0.154. The van der Waals surface area contributed by atoms with Crippen LogP contribution in [0.15, 0.2) is 9.59 Å². The summed E-state index contributed by atoms with van der Waals surface area (Å²) in [4.78, 5) is 42.2. The van der Waals surface area contributed by atoms with Crippen LogP contribution in [0.5, 0.6) is 0 Å². The van der Waals surface area contributed by atoms with Gasteiger partial charge in [-0.2, -0.15) is 0 Å². The maximum atomic E-state index is 12.0. The molecular weight excluding hydrogens is 276 g/mol. The third-order valence-electron chi connectivity index (χ3n) is 3.24. The zero-order chi connectivity index (χ0) is 15.6. The zero-order valence-electron chi connectivity index (χ0n) is 12.3. The van der Waals surface area contributed by atoms with E-state index in [2.05, 4.69) is 9.97 Å². The number of aromatic nitrogens is 4. The number of nitrogens with zero attached hydrogens (tertiary/aromatic N) is 3. The van der Waals surface area contributed by atoms with E-state index >= 15 is 0 Å². The van der Waals surface area contributed by atoms with Crippen molar-refractivity contribution in [1.82, 2.24) is 19.1 Å². The van der Waals surface area contributed by atoms with E-state index in [1.165, 1.54) is 11.6 Å². The molecule has 0 aromatic carbocycles. The molecule has 2 heterocycles. The normalized spacial score (nSPS) is 11.0. The molecule has 114 valence electrons. The van der Waals surface area contributed by atoms with Gasteiger partial charge in [-0.05, 0) is 13.3 Å². The molecule has 8 heteroatoms. The summed E-state index contributed by atoms with van der Waals surface area (Å²) < 4.78 is 7.19. The largest absolute Gasteiger partial charge is 0.466 e. The summed E-state index contributed by atoms with van der Waals surface area (Å²) in [6, 6.07) is 0. The smallest absolute Gasteiger partial charge is 0.332 e. The van der Waals surface area contributed by atoms with Crippen LogP contribution in [-0.4, -0.2) is 31.7 Å². The Morgan fingerprint density at radius 3 is 2.67 bits per heavy atom. The molecule has 0 spiro atoms. The summed E-state index contributed by atoms with van der Waals surface area (Å²) in [7, 11) is 2.98. The van der Waals surface area contributed by atoms with Crippen molar-refractivity contribution in [2.75, 3.05) is 6.61 Å². The first-order chi connectivity index (χ1) is 9.95. The summed E-state index contributed by atoms with van der Waals surface area (Å²) in [5, 5.41) is 0. The lowest BCUT2D eigenvalue weighted by atomic mass is 10.2. The van der Waals surface area contributed by atoms with Crippen molar-refractivity contribution in [3.05, 3.63) is 26.7 Å². The van der Waals surface area contributed by atoms with Gasteiger partial charge < -0.3 is 9.72 Å². The molecule has 0 amide bonds. The number of fused-ring (bicyclic) bond motifs is 1. The summed E-state index contributed by atoms with van der Waals surface area (Å²) in [6.07, 6.45) is 1.36. The van der Waals surface area contributed by atoms with Gasteiger partial charge in [-0.15, -0.1) is 0 Å². The number of ether oxygens (including phenoxy) is 1. The van der Waals surface area contributed by atoms with Gasteiger partial charge in [-0.1, -0.05) is 0 Å². The highest BCUT2D eigenvalue weighted by Crippen LogP contribution is 2.07. The van der Waals surface area contributed by atoms with Gasteiger partial charge in [0, 0.05) is 26.9 Å². The number of nitrogens with one attached hydrogen (secondary N) is 1. The first kappa shape index (κ1) is 15.0. The second kappa shape index (κ2) is 5.94. The number of imidazole rings is 1.